The van der Waals surface area contributed by atoms with E-state index in [2.05, 4.69) is 22.5 Å². The van der Waals surface area contributed by atoms with Crippen LogP contribution in [0.25, 0.3) is 0 Å². The summed E-state index contributed by atoms with van der Waals surface area (Å²) in [5.41, 5.74) is 8.44. The molecule has 1 aromatic carbocycles. The van der Waals surface area contributed by atoms with Gasteiger partial charge >= 0.3 is 0 Å². The number of rotatable bonds is 3. The molecule has 3 heteroatoms. The van der Waals surface area contributed by atoms with Crippen LogP contribution in [0.4, 0.5) is 0 Å². The molecule has 98 valence electrons. The van der Waals surface area contributed by atoms with E-state index in [4.69, 9.17) is 5.73 Å². The zero-order chi connectivity index (χ0) is 12.4. The Morgan fingerprint density at radius 2 is 2.06 bits per heavy atom. The second-order valence-corrected chi connectivity index (χ2v) is 6.70. The van der Waals surface area contributed by atoms with E-state index in [1.165, 1.54) is 54.7 Å². The average molecular weight is 262 g/mol. The minimum Gasteiger partial charge on any atom is -0.326 e. The van der Waals surface area contributed by atoms with Gasteiger partial charge in [-0.25, -0.2) is 4.31 Å². The first-order chi connectivity index (χ1) is 8.85. The zero-order valence-electron chi connectivity index (χ0n) is 10.9. The second-order valence-electron chi connectivity index (χ2n) is 5.56. The van der Waals surface area contributed by atoms with Crippen LogP contribution in [0.3, 0.4) is 0 Å². The van der Waals surface area contributed by atoms with Gasteiger partial charge in [-0.15, -0.1) is 0 Å². The molecule has 0 bridgehead atoms. The molecule has 1 heterocycles. The summed E-state index contributed by atoms with van der Waals surface area (Å²) < 4.78 is 2.54. The van der Waals surface area contributed by atoms with Crippen molar-refractivity contribution in [2.24, 2.45) is 11.7 Å². The third-order valence-corrected chi connectivity index (χ3v) is 5.24. The third-order valence-electron chi connectivity index (χ3n) is 4.13. The fourth-order valence-electron chi connectivity index (χ4n) is 3.06. The fourth-order valence-corrected chi connectivity index (χ4v) is 4.28. The summed E-state index contributed by atoms with van der Waals surface area (Å²) in [6.07, 6.45) is 7.19. The minimum absolute atomic E-state index is 0.649. The molecule has 0 amide bonds. The lowest BCUT2D eigenvalue weighted by molar-refractivity contribution is 0.292. The van der Waals surface area contributed by atoms with E-state index < -0.39 is 0 Å². The molecule has 0 saturated heterocycles. The zero-order valence-corrected chi connectivity index (χ0v) is 11.7. The van der Waals surface area contributed by atoms with Gasteiger partial charge in [0.2, 0.25) is 0 Å². The molecule has 2 N–H and O–H groups in total. The van der Waals surface area contributed by atoms with Gasteiger partial charge in [0, 0.05) is 24.5 Å². The molecule has 1 saturated carbocycles. The monoisotopic (exact) mass is 262 g/mol. The molecule has 0 spiro atoms. The topological polar surface area (TPSA) is 29.3 Å². The lowest BCUT2D eigenvalue weighted by Crippen LogP contribution is -2.22. The van der Waals surface area contributed by atoms with E-state index in [1.54, 1.807) is 0 Å². The average Bonchev–Trinajstić information content (AvgIpc) is 2.80. The maximum Gasteiger partial charge on any atom is 0.0355 e. The van der Waals surface area contributed by atoms with Gasteiger partial charge in [-0.05, 0) is 47.9 Å². The Bertz CT molecular complexity index is 413. The first kappa shape index (κ1) is 12.5. The minimum atomic E-state index is 0.649. The van der Waals surface area contributed by atoms with Gasteiger partial charge in [-0.2, -0.15) is 0 Å². The fraction of sp³-hybridized carbons (Fsp3) is 0.600. The molecular formula is C15H22N2S. The Labute approximate surface area is 114 Å². The highest BCUT2D eigenvalue weighted by molar-refractivity contribution is 7.97. The molecule has 1 fully saturated rings. The highest BCUT2D eigenvalue weighted by Crippen LogP contribution is 2.38. The Morgan fingerprint density at radius 1 is 1.22 bits per heavy atom. The number of hydrogen-bond donors (Lipinski definition) is 1. The number of nitrogens with two attached hydrogens (primary N) is 1. The Kier molecular flexibility index (Phi) is 3.92. The van der Waals surface area contributed by atoms with Crippen LogP contribution in [0.5, 0.6) is 0 Å². The number of fused-ring (bicyclic) bond motifs is 1. The summed E-state index contributed by atoms with van der Waals surface area (Å²) in [5.74, 6) is 0.926. The van der Waals surface area contributed by atoms with Crippen molar-refractivity contribution in [3.05, 3.63) is 29.3 Å². The first-order valence-corrected chi connectivity index (χ1v) is 7.87. The van der Waals surface area contributed by atoms with Crippen LogP contribution >= 0.6 is 11.9 Å². The number of hydrogen-bond acceptors (Lipinski definition) is 3. The summed E-state index contributed by atoms with van der Waals surface area (Å²) >= 11 is 1.94. The van der Waals surface area contributed by atoms with Gasteiger partial charge in [0.15, 0.2) is 0 Å². The van der Waals surface area contributed by atoms with E-state index >= 15 is 0 Å². The molecule has 1 aliphatic carbocycles. The Morgan fingerprint density at radius 3 is 2.83 bits per heavy atom. The largest absolute Gasteiger partial charge is 0.326 e. The van der Waals surface area contributed by atoms with Crippen molar-refractivity contribution in [2.45, 2.75) is 50.1 Å². The van der Waals surface area contributed by atoms with Crippen molar-refractivity contribution in [3.63, 3.8) is 0 Å². The Balaban J connectivity index is 1.61. The molecule has 3 rings (SSSR count). The lowest BCUT2D eigenvalue weighted by atomic mass is 9.89. The SMILES string of the molecule is NCc1ccc2c(c1)SN(CC1CCCCC1)C2. The van der Waals surface area contributed by atoms with Crippen LogP contribution in [0, 0.1) is 5.92 Å². The summed E-state index contributed by atoms with van der Waals surface area (Å²) in [6, 6.07) is 6.69. The molecule has 18 heavy (non-hydrogen) atoms. The van der Waals surface area contributed by atoms with Crippen LogP contribution in [0.15, 0.2) is 23.1 Å². The van der Waals surface area contributed by atoms with Crippen molar-refractivity contribution >= 4 is 11.9 Å². The van der Waals surface area contributed by atoms with Gasteiger partial charge in [0.05, 0.1) is 0 Å². The second kappa shape index (κ2) is 5.64. The molecule has 2 nitrogen and oxygen atoms in total. The van der Waals surface area contributed by atoms with Gasteiger partial charge in [-0.3, -0.25) is 0 Å². The molecule has 0 unspecified atom stereocenters. The molecule has 0 radical (unpaired) electrons. The van der Waals surface area contributed by atoms with Crippen LogP contribution in [-0.4, -0.2) is 10.8 Å². The molecular weight excluding hydrogens is 240 g/mol. The molecule has 0 atom stereocenters. The predicted octanol–water partition coefficient (Wildman–Crippen LogP) is 3.55. The summed E-state index contributed by atoms with van der Waals surface area (Å²) in [4.78, 5) is 1.42. The van der Waals surface area contributed by atoms with Crippen LogP contribution in [0.2, 0.25) is 0 Å². The smallest absolute Gasteiger partial charge is 0.0355 e. The van der Waals surface area contributed by atoms with Crippen LogP contribution < -0.4 is 5.73 Å². The maximum absolute atomic E-state index is 5.71. The van der Waals surface area contributed by atoms with Crippen molar-refractivity contribution in [1.29, 1.82) is 0 Å². The van der Waals surface area contributed by atoms with Crippen LogP contribution in [0.1, 0.15) is 43.2 Å². The van der Waals surface area contributed by atoms with E-state index in [0.717, 1.165) is 12.5 Å². The van der Waals surface area contributed by atoms with Gasteiger partial charge in [0.25, 0.3) is 0 Å². The number of benzene rings is 1. The Hall–Kier alpha value is -0.510. The normalized spacial score (nSPS) is 21.2. The summed E-state index contributed by atoms with van der Waals surface area (Å²) in [6.45, 7) is 3.02. The van der Waals surface area contributed by atoms with Crippen molar-refractivity contribution in [2.75, 3.05) is 6.54 Å². The van der Waals surface area contributed by atoms with Crippen molar-refractivity contribution in [3.8, 4) is 0 Å². The lowest BCUT2D eigenvalue weighted by Gasteiger charge is -2.25. The van der Waals surface area contributed by atoms with Crippen molar-refractivity contribution < 1.29 is 0 Å². The molecule has 1 aliphatic heterocycles. The highest BCUT2D eigenvalue weighted by atomic mass is 32.2. The van der Waals surface area contributed by atoms with Gasteiger partial charge < -0.3 is 5.73 Å². The standard InChI is InChI=1S/C15H22N2S/c16-9-13-6-7-14-11-17(18-15(14)8-13)10-12-4-2-1-3-5-12/h6-8,12H,1-5,9-11,16H2. The van der Waals surface area contributed by atoms with Crippen molar-refractivity contribution in [1.82, 2.24) is 4.31 Å². The van der Waals surface area contributed by atoms with Gasteiger partial charge in [0.1, 0.15) is 0 Å². The van der Waals surface area contributed by atoms with Crippen LogP contribution in [-0.2, 0) is 13.1 Å². The quantitative estimate of drug-likeness (QED) is 0.845. The molecule has 0 aromatic heterocycles. The highest BCUT2D eigenvalue weighted by Gasteiger charge is 2.24. The number of nitrogens with zero attached hydrogens (tertiary/aromatic N) is 1. The summed E-state index contributed by atoms with van der Waals surface area (Å²) in [7, 11) is 0. The first-order valence-electron chi connectivity index (χ1n) is 7.10. The van der Waals surface area contributed by atoms with E-state index in [-0.39, 0.29) is 0 Å². The van der Waals surface area contributed by atoms with E-state index in [0.29, 0.717) is 6.54 Å². The third kappa shape index (κ3) is 2.73. The molecule has 1 aromatic rings. The van der Waals surface area contributed by atoms with E-state index in [1.807, 2.05) is 11.9 Å². The predicted molar refractivity (Wildman–Crippen MR) is 77.2 cm³/mol. The van der Waals surface area contributed by atoms with E-state index in [9.17, 15) is 0 Å². The maximum atomic E-state index is 5.71. The van der Waals surface area contributed by atoms with Gasteiger partial charge in [-0.1, -0.05) is 31.4 Å². The summed E-state index contributed by atoms with van der Waals surface area (Å²) in [5, 5.41) is 0. The molecule has 2 aliphatic rings.